The Kier molecular flexibility index (Phi) is 3.36. The molecule has 5 nitrogen and oxygen atoms in total. The second-order valence-electron chi connectivity index (χ2n) is 2.13. The number of hydrogen-bond donors (Lipinski definition) is 3. The normalized spacial score (nSPS) is 10.3. The molecule has 0 aliphatic carbocycles. The van der Waals surface area contributed by atoms with Gasteiger partial charge in [-0.3, -0.25) is 10.8 Å². The van der Waals surface area contributed by atoms with E-state index in [1.54, 1.807) is 18.3 Å². The molecular formula is C7H8ClN5. The fourth-order valence-electron chi connectivity index (χ4n) is 0.666. The number of rotatable bonds is 1. The maximum absolute atomic E-state index is 7.06. The van der Waals surface area contributed by atoms with Gasteiger partial charge in [-0.25, -0.2) is 15.8 Å². The maximum atomic E-state index is 7.06. The minimum absolute atomic E-state index is 0.139. The molecule has 68 valence electrons. The number of hydrazine groups is 1. The summed E-state index contributed by atoms with van der Waals surface area (Å²) < 4.78 is 0. The topological polar surface area (TPSA) is 87.2 Å². The molecule has 0 radical (unpaired) electrons. The van der Waals surface area contributed by atoms with E-state index < -0.39 is 0 Å². The molecule has 0 saturated heterocycles. The molecule has 4 N–H and O–H groups in total. The van der Waals surface area contributed by atoms with E-state index >= 15 is 0 Å². The van der Waals surface area contributed by atoms with E-state index in [9.17, 15) is 0 Å². The van der Waals surface area contributed by atoms with Crippen LogP contribution in [-0.2, 0) is 0 Å². The second kappa shape index (κ2) is 4.54. The number of hydrogen-bond acceptors (Lipinski definition) is 3. The number of aliphatic imine (C=N–C) groups is 1. The van der Waals surface area contributed by atoms with Gasteiger partial charge >= 0.3 is 0 Å². The smallest absolute Gasteiger partial charge is 0.229 e. The van der Waals surface area contributed by atoms with Crippen molar-refractivity contribution in [3.8, 4) is 0 Å². The Morgan fingerprint density at radius 3 is 3.15 bits per heavy atom. The Bertz CT molecular complexity index is 335. The average Bonchev–Trinajstić information content (AvgIpc) is 2.16. The van der Waals surface area contributed by atoms with Crippen molar-refractivity contribution < 1.29 is 0 Å². The van der Waals surface area contributed by atoms with Crippen molar-refractivity contribution in [2.75, 3.05) is 0 Å². The lowest BCUT2D eigenvalue weighted by atomic mass is 10.3. The standard InChI is InChI=1S/C7H8ClN5/c8-6-5(2-1-3-11-6)4-12-7(9)13-10/h1-4H,10H2,(H2,9,13). The lowest BCUT2D eigenvalue weighted by molar-refractivity contribution is 0.996. The van der Waals surface area contributed by atoms with Crippen molar-refractivity contribution in [3.63, 3.8) is 0 Å². The van der Waals surface area contributed by atoms with Crippen LogP contribution in [0.3, 0.4) is 0 Å². The summed E-state index contributed by atoms with van der Waals surface area (Å²) in [6, 6.07) is 3.47. The van der Waals surface area contributed by atoms with Gasteiger partial charge in [-0.05, 0) is 12.1 Å². The number of halogens is 1. The SMILES string of the molecule is N=C(N=Cc1cccnc1Cl)NN. The predicted octanol–water partition coefficient (Wildman–Crippen LogP) is 0.552. The fraction of sp³-hybridized carbons (Fsp3) is 0. The lowest BCUT2D eigenvalue weighted by Crippen LogP contribution is -2.27. The maximum Gasteiger partial charge on any atom is 0.229 e. The summed E-state index contributed by atoms with van der Waals surface area (Å²) in [6.45, 7) is 0. The van der Waals surface area contributed by atoms with Crippen LogP contribution < -0.4 is 11.3 Å². The molecule has 1 aromatic heterocycles. The van der Waals surface area contributed by atoms with Gasteiger partial charge in [0.15, 0.2) is 0 Å². The Morgan fingerprint density at radius 1 is 1.77 bits per heavy atom. The van der Waals surface area contributed by atoms with E-state index in [4.69, 9.17) is 22.9 Å². The fourth-order valence-corrected chi connectivity index (χ4v) is 0.834. The highest BCUT2D eigenvalue weighted by molar-refractivity contribution is 6.31. The molecule has 0 fully saturated rings. The van der Waals surface area contributed by atoms with Gasteiger partial charge in [0.1, 0.15) is 5.15 Å². The third-order valence-electron chi connectivity index (χ3n) is 1.26. The number of nitrogens with two attached hydrogens (primary N) is 1. The number of nitrogens with zero attached hydrogens (tertiary/aromatic N) is 2. The zero-order chi connectivity index (χ0) is 9.68. The van der Waals surface area contributed by atoms with E-state index in [2.05, 4.69) is 15.4 Å². The zero-order valence-corrected chi connectivity index (χ0v) is 7.42. The molecule has 0 unspecified atom stereocenters. The monoisotopic (exact) mass is 197 g/mol. The molecule has 0 saturated carbocycles. The Hall–Kier alpha value is -1.46. The summed E-state index contributed by atoms with van der Waals surface area (Å²) in [5.41, 5.74) is 2.72. The highest BCUT2D eigenvalue weighted by atomic mass is 35.5. The van der Waals surface area contributed by atoms with Gasteiger partial charge in [-0.15, -0.1) is 0 Å². The van der Waals surface area contributed by atoms with E-state index in [1.807, 2.05) is 0 Å². The van der Waals surface area contributed by atoms with E-state index in [1.165, 1.54) is 6.21 Å². The van der Waals surface area contributed by atoms with Crippen molar-refractivity contribution in [1.29, 1.82) is 5.41 Å². The van der Waals surface area contributed by atoms with E-state index in [-0.39, 0.29) is 5.96 Å². The van der Waals surface area contributed by atoms with Crippen LogP contribution in [0.15, 0.2) is 23.3 Å². The molecule has 0 amide bonds. The molecule has 1 rings (SSSR count). The Balaban J connectivity index is 2.80. The summed E-state index contributed by atoms with van der Waals surface area (Å²) in [5, 5.41) is 7.40. The van der Waals surface area contributed by atoms with Gasteiger partial charge in [0, 0.05) is 18.0 Å². The van der Waals surface area contributed by atoms with Crippen LogP contribution in [0.4, 0.5) is 0 Å². The molecule has 0 aliphatic rings. The minimum Gasteiger partial charge on any atom is -0.293 e. The van der Waals surface area contributed by atoms with Crippen molar-refractivity contribution in [3.05, 3.63) is 29.0 Å². The first-order valence-corrected chi connectivity index (χ1v) is 3.81. The molecule has 0 spiro atoms. The molecule has 13 heavy (non-hydrogen) atoms. The molecule has 0 bridgehead atoms. The average molecular weight is 198 g/mol. The third-order valence-corrected chi connectivity index (χ3v) is 1.57. The molecule has 0 aromatic carbocycles. The number of nitrogens with one attached hydrogen (secondary N) is 2. The van der Waals surface area contributed by atoms with Gasteiger partial charge in [0.2, 0.25) is 5.96 Å². The van der Waals surface area contributed by atoms with Crippen LogP contribution in [-0.4, -0.2) is 17.2 Å². The second-order valence-corrected chi connectivity index (χ2v) is 2.49. The van der Waals surface area contributed by atoms with E-state index in [0.717, 1.165) is 0 Å². The van der Waals surface area contributed by atoms with Crippen LogP contribution >= 0.6 is 11.6 Å². The molecular weight excluding hydrogens is 190 g/mol. The number of pyridine rings is 1. The molecule has 1 aromatic rings. The van der Waals surface area contributed by atoms with Crippen LogP contribution in [0, 0.1) is 5.41 Å². The lowest BCUT2D eigenvalue weighted by Gasteiger charge is -1.95. The van der Waals surface area contributed by atoms with Crippen molar-refractivity contribution >= 4 is 23.8 Å². The zero-order valence-electron chi connectivity index (χ0n) is 6.66. The van der Waals surface area contributed by atoms with Crippen LogP contribution in [0.25, 0.3) is 0 Å². The Morgan fingerprint density at radius 2 is 2.54 bits per heavy atom. The summed E-state index contributed by atoms with van der Waals surface area (Å²) >= 11 is 5.73. The number of aromatic nitrogens is 1. The van der Waals surface area contributed by atoms with Gasteiger partial charge in [-0.1, -0.05) is 11.6 Å². The largest absolute Gasteiger partial charge is 0.293 e. The van der Waals surface area contributed by atoms with Gasteiger partial charge in [0.25, 0.3) is 0 Å². The van der Waals surface area contributed by atoms with Gasteiger partial charge in [0.05, 0.1) is 0 Å². The van der Waals surface area contributed by atoms with Crippen LogP contribution in [0.1, 0.15) is 5.56 Å². The highest BCUT2D eigenvalue weighted by Crippen LogP contribution is 2.08. The summed E-state index contributed by atoms with van der Waals surface area (Å²) in [6.07, 6.45) is 2.99. The first kappa shape index (κ1) is 9.63. The Labute approximate surface area is 80.1 Å². The van der Waals surface area contributed by atoms with Crippen molar-refractivity contribution in [2.24, 2.45) is 10.8 Å². The first-order chi connectivity index (χ1) is 6.24. The molecule has 0 atom stereocenters. The van der Waals surface area contributed by atoms with Crippen LogP contribution in [0.5, 0.6) is 0 Å². The van der Waals surface area contributed by atoms with E-state index in [0.29, 0.717) is 10.7 Å². The summed E-state index contributed by atoms with van der Waals surface area (Å²) in [4.78, 5) is 7.51. The summed E-state index contributed by atoms with van der Waals surface area (Å²) in [7, 11) is 0. The molecule has 6 heteroatoms. The number of guanidine groups is 1. The van der Waals surface area contributed by atoms with Crippen molar-refractivity contribution in [1.82, 2.24) is 10.4 Å². The molecule has 0 aliphatic heterocycles. The van der Waals surface area contributed by atoms with Crippen molar-refractivity contribution in [2.45, 2.75) is 0 Å². The molecule has 1 heterocycles. The van der Waals surface area contributed by atoms with Gasteiger partial charge in [-0.2, -0.15) is 0 Å². The minimum atomic E-state index is -0.139. The third kappa shape index (κ3) is 2.81. The summed E-state index contributed by atoms with van der Waals surface area (Å²) in [5.74, 6) is 4.80. The van der Waals surface area contributed by atoms with Gasteiger partial charge < -0.3 is 0 Å². The highest BCUT2D eigenvalue weighted by Gasteiger charge is 1.95. The first-order valence-electron chi connectivity index (χ1n) is 3.44. The predicted molar refractivity (Wildman–Crippen MR) is 51.9 cm³/mol. The van der Waals surface area contributed by atoms with Crippen LogP contribution in [0.2, 0.25) is 5.15 Å². The quantitative estimate of drug-likeness (QED) is 0.202.